The van der Waals surface area contributed by atoms with E-state index in [-0.39, 0.29) is 12.3 Å². The maximum absolute atomic E-state index is 12.1. The summed E-state index contributed by atoms with van der Waals surface area (Å²) in [5, 5.41) is 0. The third-order valence-corrected chi connectivity index (χ3v) is 4.12. The second kappa shape index (κ2) is 6.43. The molecule has 0 saturated carbocycles. The van der Waals surface area contributed by atoms with Gasteiger partial charge in [0.05, 0.1) is 12.3 Å². The zero-order valence-electron chi connectivity index (χ0n) is 9.96. The fourth-order valence-electron chi connectivity index (χ4n) is 1.54. The van der Waals surface area contributed by atoms with Gasteiger partial charge in [-0.15, -0.1) is 6.42 Å². The van der Waals surface area contributed by atoms with Crippen LogP contribution < -0.4 is 0 Å². The Balaban J connectivity index is 2.83. The minimum absolute atomic E-state index is 0.00944. The number of hydrogen-bond acceptors (Lipinski definition) is 2. The molecule has 0 atom stereocenters. The largest absolute Gasteiger partial charge is 0.219 e. The van der Waals surface area contributed by atoms with Crippen LogP contribution in [-0.4, -0.2) is 25.8 Å². The predicted octanol–water partition coefficient (Wildman–Crippen LogP) is 1.86. The topological polar surface area (TPSA) is 37.4 Å². The predicted molar refractivity (Wildman–Crippen MR) is 69.8 cm³/mol. The second-order valence-electron chi connectivity index (χ2n) is 3.78. The maximum atomic E-state index is 12.1. The first-order valence-corrected chi connectivity index (χ1v) is 7.16. The van der Waals surface area contributed by atoms with Gasteiger partial charge in [-0.3, -0.25) is 0 Å². The first-order chi connectivity index (χ1) is 8.10. The van der Waals surface area contributed by atoms with Gasteiger partial charge in [0, 0.05) is 6.54 Å². The molecule has 0 aliphatic carbocycles. The van der Waals surface area contributed by atoms with Crippen molar-refractivity contribution in [1.82, 2.24) is 4.31 Å². The van der Waals surface area contributed by atoms with E-state index in [1.807, 2.05) is 25.1 Å². The van der Waals surface area contributed by atoms with Crippen LogP contribution in [0.4, 0.5) is 0 Å². The number of rotatable bonds is 6. The number of terminal acetylenes is 1. The molecule has 0 aliphatic rings. The molecule has 0 unspecified atom stereocenters. The number of benzene rings is 1. The lowest BCUT2D eigenvalue weighted by Crippen LogP contribution is -2.33. The molecule has 0 fully saturated rings. The average molecular weight is 251 g/mol. The van der Waals surface area contributed by atoms with Crippen LogP contribution in [0.3, 0.4) is 0 Å². The van der Waals surface area contributed by atoms with Crippen molar-refractivity contribution in [3.63, 3.8) is 0 Å². The van der Waals surface area contributed by atoms with Crippen molar-refractivity contribution in [2.24, 2.45) is 0 Å². The standard InChI is InChI=1S/C13H17NO2S/c1-3-10-14(11-4-2)17(15,16)12-13-8-6-5-7-9-13/h1,5-9H,4,10-12H2,2H3. The summed E-state index contributed by atoms with van der Waals surface area (Å²) in [7, 11) is -3.31. The molecule has 0 N–H and O–H groups in total. The van der Waals surface area contributed by atoms with Gasteiger partial charge in [-0.05, 0) is 12.0 Å². The van der Waals surface area contributed by atoms with Crippen molar-refractivity contribution < 1.29 is 8.42 Å². The summed E-state index contributed by atoms with van der Waals surface area (Å²) >= 11 is 0. The molecule has 1 aromatic carbocycles. The lowest BCUT2D eigenvalue weighted by atomic mass is 10.2. The third-order valence-electron chi connectivity index (χ3n) is 2.33. The molecule has 1 rings (SSSR count). The molecule has 92 valence electrons. The van der Waals surface area contributed by atoms with Gasteiger partial charge in [-0.1, -0.05) is 43.2 Å². The molecule has 0 radical (unpaired) electrons. The van der Waals surface area contributed by atoms with E-state index in [1.54, 1.807) is 12.1 Å². The van der Waals surface area contributed by atoms with Crippen LogP contribution in [0, 0.1) is 12.3 Å². The van der Waals surface area contributed by atoms with Crippen molar-refractivity contribution in [3.05, 3.63) is 35.9 Å². The van der Waals surface area contributed by atoms with E-state index in [0.717, 1.165) is 12.0 Å². The van der Waals surface area contributed by atoms with Crippen LogP contribution in [0.15, 0.2) is 30.3 Å². The number of hydrogen-bond donors (Lipinski definition) is 0. The van der Waals surface area contributed by atoms with Crippen LogP contribution in [0.1, 0.15) is 18.9 Å². The van der Waals surface area contributed by atoms with E-state index in [1.165, 1.54) is 4.31 Å². The molecule has 0 heterocycles. The monoisotopic (exact) mass is 251 g/mol. The molecule has 0 bridgehead atoms. The van der Waals surface area contributed by atoms with Crippen molar-refractivity contribution in [2.75, 3.05) is 13.1 Å². The van der Waals surface area contributed by atoms with Crippen LogP contribution in [0.5, 0.6) is 0 Å². The average Bonchev–Trinajstić information content (AvgIpc) is 2.29. The van der Waals surface area contributed by atoms with Crippen molar-refractivity contribution in [1.29, 1.82) is 0 Å². The Labute approximate surface area is 104 Å². The fourth-order valence-corrected chi connectivity index (χ4v) is 3.07. The molecule has 17 heavy (non-hydrogen) atoms. The van der Waals surface area contributed by atoms with E-state index < -0.39 is 10.0 Å². The van der Waals surface area contributed by atoms with Crippen molar-refractivity contribution in [2.45, 2.75) is 19.1 Å². The zero-order valence-corrected chi connectivity index (χ0v) is 10.8. The summed E-state index contributed by atoms with van der Waals surface area (Å²) in [6.45, 7) is 2.55. The minimum atomic E-state index is -3.31. The Hall–Kier alpha value is -1.31. The Kier molecular flexibility index (Phi) is 5.20. The SMILES string of the molecule is C#CCN(CCC)S(=O)(=O)Cc1ccccc1. The molecule has 0 spiro atoms. The summed E-state index contributed by atoms with van der Waals surface area (Å²) < 4.78 is 25.6. The van der Waals surface area contributed by atoms with Gasteiger partial charge in [0.15, 0.2) is 0 Å². The zero-order chi connectivity index (χ0) is 12.7. The molecular weight excluding hydrogens is 234 g/mol. The quantitative estimate of drug-likeness (QED) is 0.724. The Morgan fingerprint density at radius 1 is 1.29 bits per heavy atom. The van der Waals surface area contributed by atoms with Crippen molar-refractivity contribution >= 4 is 10.0 Å². The number of nitrogens with zero attached hydrogens (tertiary/aromatic N) is 1. The first-order valence-electron chi connectivity index (χ1n) is 5.55. The molecule has 0 saturated heterocycles. The van der Waals surface area contributed by atoms with E-state index in [9.17, 15) is 8.42 Å². The molecule has 0 aromatic heterocycles. The van der Waals surface area contributed by atoms with E-state index >= 15 is 0 Å². The Morgan fingerprint density at radius 2 is 1.94 bits per heavy atom. The summed E-state index contributed by atoms with van der Waals surface area (Å²) in [5.41, 5.74) is 0.783. The van der Waals surface area contributed by atoms with Gasteiger partial charge in [-0.25, -0.2) is 8.42 Å². The maximum Gasteiger partial charge on any atom is 0.219 e. The van der Waals surface area contributed by atoms with Crippen LogP contribution in [-0.2, 0) is 15.8 Å². The van der Waals surface area contributed by atoms with Gasteiger partial charge in [0.2, 0.25) is 10.0 Å². The van der Waals surface area contributed by atoms with Gasteiger partial charge in [-0.2, -0.15) is 4.31 Å². The minimum Gasteiger partial charge on any atom is -0.212 e. The van der Waals surface area contributed by atoms with Gasteiger partial charge >= 0.3 is 0 Å². The summed E-state index contributed by atoms with van der Waals surface area (Å²) in [5.74, 6) is 2.40. The third kappa shape index (κ3) is 4.22. The molecule has 4 heteroatoms. The Bertz CT molecular complexity index is 474. The molecule has 1 aromatic rings. The summed E-state index contributed by atoms with van der Waals surface area (Å²) in [6, 6.07) is 9.13. The van der Waals surface area contributed by atoms with E-state index in [0.29, 0.717) is 6.54 Å². The lowest BCUT2D eigenvalue weighted by molar-refractivity contribution is 0.445. The highest BCUT2D eigenvalue weighted by molar-refractivity contribution is 7.88. The van der Waals surface area contributed by atoms with Crippen LogP contribution >= 0.6 is 0 Å². The van der Waals surface area contributed by atoms with Gasteiger partial charge < -0.3 is 0 Å². The fraction of sp³-hybridized carbons (Fsp3) is 0.385. The highest BCUT2D eigenvalue weighted by atomic mass is 32.2. The summed E-state index contributed by atoms with van der Waals surface area (Å²) in [4.78, 5) is 0. The van der Waals surface area contributed by atoms with Gasteiger partial charge in [0.1, 0.15) is 0 Å². The van der Waals surface area contributed by atoms with Gasteiger partial charge in [0.25, 0.3) is 0 Å². The van der Waals surface area contributed by atoms with Crippen molar-refractivity contribution in [3.8, 4) is 12.3 Å². The Morgan fingerprint density at radius 3 is 2.47 bits per heavy atom. The van der Waals surface area contributed by atoms with Crippen LogP contribution in [0.25, 0.3) is 0 Å². The summed E-state index contributed by atoms with van der Waals surface area (Å²) in [6.07, 6.45) is 5.95. The molecule has 0 aliphatic heterocycles. The smallest absolute Gasteiger partial charge is 0.212 e. The highest BCUT2D eigenvalue weighted by Crippen LogP contribution is 2.10. The highest BCUT2D eigenvalue weighted by Gasteiger charge is 2.20. The first kappa shape index (κ1) is 13.8. The van der Waals surface area contributed by atoms with Crippen LogP contribution in [0.2, 0.25) is 0 Å². The normalized spacial score (nSPS) is 11.4. The lowest BCUT2D eigenvalue weighted by Gasteiger charge is -2.19. The molecular formula is C13H17NO2S. The molecule has 0 amide bonds. The number of sulfonamides is 1. The van der Waals surface area contributed by atoms with E-state index in [4.69, 9.17) is 6.42 Å². The second-order valence-corrected chi connectivity index (χ2v) is 5.75. The van der Waals surface area contributed by atoms with E-state index in [2.05, 4.69) is 5.92 Å². The molecule has 3 nitrogen and oxygen atoms in total.